The molecule has 0 bridgehead atoms. The molecule has 0 amide bonds. The van der Waals surface area contributed by atoms with Crippen LogP contribution in [0.5, 0.6) is 0 Å². The Balaban J connectivity index is 4.55. The molecule has 18 heteroatoms. The molecule has 0 saturated heterocycles. The lowest BCUT2D eigenvalue weighted by molar-refractivity contribution is -0.161. The number of ether oxygens (including phenoxy) is 3. The summed E-state index contributed by atoms with van der Waals surface area (Å²) in [5.74, 6) is -1.65. The van der Waals surface area contributed by atoms with Crippen molar-refractivity contribution in [1.82, 2.24) is 0 Å². The quantitative estimate of drug-likeness (QED) is 0.0146. The monoisotopic (exact) mass is 1670 g/mol. The molecular weight excluding hydrogens is 1510 g/mol. The zero-order valence-corrected chi connectivity index (χ0v) is 74.8. The van der Waals surface area contributed by atoms with Crippen molar-refractivity contribution in [2.24, 2.45) is 0 Å². The lowest BCUT2D eigenvalue weighted by Gasteiger charge is -2.21. The van der Waals surface area contributed by atoms with Crippen molar-refractivity contribution in [2.45, 2.75) is 360 Å². The topological polar surface area (TPSA) is 231 Å². The lowest BCUT2D eigenvalue weighted by Crippen LogP contribution is -2.30. The first-order valence-electron chi connectivity index (χ1n) is 45.4. The van der Waals surface area contributed by atoms with Gasteiger partial charge in [-0.15, -0.1) is 0 Å². The Hall–Kier alpha value is -5.87. The van der Waals surface area contributed by atoms with Crippen molar-refractivity contribution < 1.29 is 75.8 Å². The number of aliphatic hydroxyl groups excluding tert-OH is 2. The van der Waals surface area contributed by atoms with Crippen LogP contribution in [0.15, 0.2) is 207 Å². The fourth-order valence-electron chi connectivity index (χ4n) is 11.7. The molecule has 0 heterocycles. The fourth-order valence-corrected chi connectivity index (χ4v) is 13.3. The number of phosphoric ester groups is 2. The van der Waals surface area contributed by atoms with E-state index in [4.69, 9.17) is 32.3 Å². The molecule has 0 aliphatic rings. The molecule has 117 heavy (non-hydrogen) atoms. The number of hydrogen-bond acceptors (Lipinski definition) is 14. The summed E-state index contributed by atoms with van der Waals surface area (Å²) in [5, 5.41) is 20.7. The van der Waals surface area contributed by atoms with Crippen LogP contribution in [-0.2, 0) is 55.8 Å². The van der Waals surface area contributed by atoms with Gasteiger partial charge in [-0.1, -0.05) is 369 Å². The van der Waals surface area contributed by atoms with Gasteiger partial charge in [-0.2, -0.15) is 0 Å². The maximum Gasteiger partial charge on any atom is 0.472 e. The normalized spacial score (nSPS) is 14.8. The van der Waals surface area contributed by atoms with E-state index in [0.717, 1.165) is 167 Å². The minimum absolute atomic E-state index is 0.0198. The van der Waals surface area contributed by atoms with Crippen molar-refractivity contribution in [1.29, 1.82) is 0 Å². The fraction of sp³-hybridized carbons (Fsp3) is 0.626. The van der Waals surface area contributed by atoms with Crippen LogP contribution in [0.2, 0.25) is 0 Å². The van der Waals surface area contributed by atoms with Crippen LogP contribution in [0, 0.1) is 0 Å². The molecule has 0 radical (unpaired) electrons. The molecule has 0 saturated carbocycles. The highest BCUT2D eigenvalue weighted by atomic mass is 31.2. The molecule has 0 rings (SSSR count). The van der Waals surface area contributed by atoms with Gasteiger partial charge in [0.05, 0.1) is 26.4 Å². The predicted octanol–water partition coefficient (Wildman–Crippen LogP) is 28.0. The molecule has 0 fully saturated rings. The zero-order chi connectivity index (χ0) is 85.1. The molecule has 664 valence electrons. The first kappa shape index (κ1) is 111. The number of carbonyl (C=O) groups excluding carboxylic acids is 3. The Morgan fingerprint density at radius 1 is 0.239 bits per heavy atom. The molecular formula is C99H162O16P2. The summed E-state index contributed by atoms with van der Waals surface area (Å²) in [7, 11) is -9.83. The van der Waals surface area contributed by atoms with Crippen LogP contribution in [-0.4, -0.2) is 95.9 Å². The number of phosphoric acid groups is 2. The van der Waals surface area contributed by atoms with Gasteiger partial charge < -0.3 is 34.2 Å². The predicted molar refractivity (Wildman–Crippen MR) is 491 cm³/mol. The van der Waals surface area contributed by atoms with E-state index < -0.39 is 91.5 Å². The Kier molecular flexibility index (Phi) is 84.9. The molecule has 5 atom stereocenters. The summed E-state index contributed by atoms with van der Waals surface area (Å²) in [6, 6.07) is 0. The van der Waals surface area contributed by atoms with Crippen LogP contribution in [0.25, 0.3) is 0 Å². The van der Waals surface area contributed by atoms with Crippen LogP contribution >= 0.6 is 15.6 Å². The highest BCUT2D eigenvalue weighted by molar-refractivity contribution is 7.47. The van der Waals surface area contributed by atoms with Crippen LogP contribution in [0.4, 0.5) is 0 Å². The lowest BCUT2D eigenvalue weighted by atomic mass is 10.0. The van der Waals surface area contributed by atoms with Gasteiger partial charge in [0.1, 0.15) is 25.4 Å². The second-order valence-corrected chi connectivity index (χ2v) is 32.5. The van der Waals surface area contributed by atoms with Gasteiger partial charge in [0.2, 0.25) is 0 Å². The maximum atomic E-state index is 13.0. The number of unbranched alkanes of at least 4 members (excludes halogenated alkanes) is 27. The molecule has 0 aliphatic heterocycles. The van der Waals surface area contributed by atoms with Crippen molar-refractivity contribution in [3.63, 3.8) is 0 Å². The smallest absolute Gasteiger partial charge is 0.463 e. The Morgan fingerprint density at radius 2 is 0.436 bits per heavy atom. The van der Waals surface area contributed by atoms with Crippen LogP contribution in [0.3, 0.4) is 0 Å². The summed E-state index contributed by atoms with van der Waals surface area (Å²) in [5.41, 5.74) is 0. The number of carbonyl (C=O) groups is 3. The Labute approximate surface area is 711 Å². The SMILES string of the molecule is CC/C=C\C/C=C\C/C=C\C/C=C\C/C=C\C/C=C\CCCCCCCCCCCCCCCCC(=O)OCC(O)COP(=O)(O)OCC(O)COP(=O)(O)OCC(COC(=O)CCCCCCCCCCCCCC/C=C\C/C=C\C/C=C\C/C=C\C/C=C\C/C=C\CC)OC(=O)CCC/C=C\C/C=C\C/C=C\C/C=C\C/C=C\CC. The third kappa shape index (κ3) is 90.7. The number of esters is 3. The van der Waals surface area contributed by atoms with Crippen molar-refractivity contribution in [3.05, 3.63) is 207 Å². The molecule has 4 N–H and O–H groups in total. The summed E-state index contributed by atoms with van der Waals surface area (Å²) in [6.07, 6.45) is 120. The van der Waals surface area contributed by atoms with Crippen molar-refractivity contribution in [3.8, 4) is 0 Å². The van der Waals surface area contributed by atoms with E-state index in [9.17, 15) is 43.5 Å². The highest BCUT2D eigenvalue weighted by Gasteiger charge is 2.29. The first-order chi connectivity index (χ1) is 57.2. The van der Waals surface area contributed by atoms with E-state index in [1.165, 1.54) is 109 Å². The van der Waals surface area contributed by atoms with E-state index in [2.05, 4.69) is 215 Å². The van der Waals surface area contributed by atoms with E-state index in [0.29, 0.717) is 25.7 Å². The minimum atomic E-state index is -4.96. The van der Waals surface area contributed by atoms with Crippen LogP contribution in [0.1, 0.15) is 342 Å². The Morgan fingerprint density at radius 3 is 0.701 bits per heavy atom. The van der Waals surface area contributed by atoms with Gasteiger partial charge in [-0.3, -0.25) is 32.5 Å². The van der Waals surface area contributed by atoms with E-state index in [-0.39, 0.29) is 19.3 Å². The average molecular weight is 1670 g/mol. The molecule has 16 nitrogen and oxygen atoms in total. The van der Waals surface area contributed by atoms with E-state index in [1.807, 2.05) is 12.2 Å². The minimum Gasteiger partial charge on any atom is -0.463 e. The van der Waals surface area contributed by atoms with Crippen molar-refractivity contribution >= 4 is 33.6 Å². The van der Waals surface area contributed by atoms with Gasteiger partial charge in [0, 0.05) is 19.3 Å². The summed E-state index contributed by atoms with van der Waals surface area (Å²) >= 11 is 0. The van der Waals surface area contributed by atoms with Gasteiger partial charge in [0.25, 0.3) is 0 Å². The second-order valence-electron chi connectivity index (χ2n) is 29.6. The number of allylic oxidation sites excluding steroid dienone is 34. The second kappa shape index (κ2) is 89.4. The van der Waals surface area contributed by atoms with Gasteiger partial charge in [-0.05, 0) is 161 Å². The van der Waals surface area contributed by atoms with Gasteiger partial charge in [-0.25, -0.2) is 9.13 Å². The Bertz CT molecular complexity index is 2960. The standard InChI is InChI=1S/C99H162O16P2/c1-4-7-10-13-16-19-22-25-28-31-33-35-37-39-41-43-45-46-48-50-51-53-55-57-59-62-64-67-70-73-76-79-82-85-97(102)109-88-94(100)89-111-116(105,106)112-90-95(101)91-113-117(107,108)114-93-96(115-99(104)87-84-81-78-75-72-69-66-61-30-27-24-21-18-15-12-9-6-3)92-110-98(103)86-83-80-77-74-71-68-65-63-60-58-56-54-52-49-47-44-42-40-38-36-34-32-29-26-23-20-17-14-11-8-5-2/h7-12,16-21,25-30,33-36,39-42,45-47,49,66,69,75,78,94-96,100-101H,4-6,13-15,22-24,31-32,37-38,43-44,48,50-65,67-68,70-74,76-77,79-93H2,1-3H3,(H,105,106)(H,107,108)/b10-7-,11-8-,12-9-,19-16-,20-17-,21-18-,28-25-,29-26-,30-27-,35-33-,36-34-,41-39-,42-40-,46-45-,49-47-,69-66-,78-75-. The zero-order valence-electron chi connectivity index (χ0n) is 73.0. The third-order valence-corrected chi connectivity index (χ3v) is 20.4. The van der Waals surface area contributed by atoms with E-state index >= 15 is 0 Å². The third-order valence-electron chi connectivity index (χ3n) is 18.5. The average Bonchev–Trinajstić information content (AvgIpc) is 0.900. The summed E-state index contributed by atoms with van der Waals surface area (Å²) in [6.45, 7) is 2.28. The number of hydrogen-bond donors (Lipinski definition) is 4. The molecule has 0 spiro atoms. The highest BCUT2D eigenvalue weighted by Crippen LogP contribution is 2.45. The molecule has 0 aromatic rings. The van der Waals surface area contributed by atoms with Gasteiger partial charge in [0.15, 0.2) is 6.10 Å². The molecule has 0 aromatic carbocycles. The van der Waals surface area contributed by atoms with Crippen molar-refractivity contribution in [2.75, 3.05) is 39.6 Å². The molecule has 0 aliphatic carbocycles. The molecule has 0 aromatic heterocycles. The number of aliphatic hydroxyl groups is 2. The number of rotatable bonds is 84. The molecule has 5 unspecified atom stereocenters. The summed E-state index contributed by atoms with van der Waals surface area (Å²) < 4.78 is 61.3. The van der Waals surface area contributed by atoms with E-state index in [1.54, 1.807) is 0 Å². The maximum absolute atomic E-state index is 13.0. The summed E-state index contributed by atoms with van der Waals surface area (Å²) in [4.78, 5) is 58.9. The van der Waals surface area contributed by atoms with Gasteiger partial charge >= 0.3 is 33.6 Å². The van der Waals surface area contributed by atoms with Crippen LogP contribution < -0.4 is 0 Å². The largest absolute Gasteiger partial charge is 0.472 e. The first-order valence-corrected chi connectivity index (χ1v) is 48.4.